The highest BCUT2D eigenvalue weighted by molar-refractivity contribution is 5.49. The first-order chi connectivity index (χ1) is 10.3. The third-order valence-electron chi connectivity index (χ3n) is 5.63. The number of piperidine rings is 1. The van der Waals surface area contributed by atoms with Crippen LogP contribution >= 0.6 is 0 Å². The van der Waals surface area contributed by atoms with Crippen LogP contribution in [0.2, 0.25) is 0 Å². The molecule has 1 saturated heterocycles. The number of hydrogen-bond donors (Lipinski definition) is 1. The monoisotopic (exact) mass is 286 g/mol. The fourth-order valence-corrected chi connectivity index (χ4v) is 4.45. The second kappa shape index (κ2) is 6.83. The Labute approximate surface area is 129 Å². The highest BCUT2D eigenvalue weighted by Gasteiger charge is 2.33. The molecule has 1 aliphatic heterocycles. The van der Waals surface area contributed by atoms with Crippen LogP contribution in [0.4, 0.5) is 5.69 Å². The molecule has 1 aromatic rings. The summed E-state index contributed by atoms with van der Waals surface area (Å²) in [4.78, 5) is 2.71. The quantitative estimate of drug-likeness (QED) is 0.875. The lowest BCUT2D eigenvalue weighted by Crippen LogP contribution is -2.46. The van der Waals surface area contributed by atoms with E-state index in [4.69, 9.17) is 0 Å². The van der Waals surface area contributed by atoms with Gasteiger partial charge in [0.2, 0.25) is 0 Å². The van der Waals surface area contributed by atoms with Gasteiger partial charge in [-0.2, -0.15) is 0 Å². The minimum atomic E-state index is 0.489. The lowest BCUT2D eigenvalue weighted by Gasteiger charge is -2.45. The number of nitrogens with zero attached hydrogens (tertiary/aromatic N) is 1. The predicted octanol–water partition coefficient (Wildman–Crippen LogP) is 4.52. The van der Waals surface area contributed by atoms with Crippen molar-refractivity contribution in [2.24, 2.45) is 5.92 Å². The molecule has 3 rings (SSSR count). The zero-order valence-electron chi connectivity index (χ0n) is 13.6. The molecule has 0 spiro atoms. The van der Waals surface area contributed by atoms with E-state index in [2.05, 4.69) is 48.5 Å². The van der Waals surface area contributed by atoms with E-state index >= 15 is 0 Å². The highest BCUT2D eigenvalue weighted by Crippen LogP contribution is 2.37. The van der Waals surface area contributed by atoms with Crippen molar-refractivity contribution in [2.75, 3.05) is 18.5 Å². The van der Waals surface area contributed by atoms with E-state index in [0.29, 0.717) is 6.04 Å². The third kappa shape index (κ3) is 3.11. The molecule has 1 aliphatic carbocycles. The van der Waals surface area contributed by atoms with Gasteiger partial charge in [0.05, 0.1) is 0 Å². The molecule has 3 atom stereocenters. The van der Waals surface area contributed by atoms with Gasteiger partial charge in [-0.25, -0.2) is 0 Å². The van der Waals surface area contributed by atoms with E-state index < -0.39 is 0 Å². The molecular formula is C19H30N2. The Kier molecular flexibility index (Phi) is 4.84. The molecular weight excluding hydrogens is 256 g/mol. The van der Waals surface area contributed by atoms with Crippen molar-refractivity contribution in [3.05, 3.63) is 29.8 Å². The van der Waals surface area contributed by atoms with Gasteiger partial charge in [-0.3, -0.25) is 0 Å². The maximum absolute atomic E-state index is 3.40. The van der Waals surface area contributed by atoms with Gasteiger partial charge in [0.15, 0.2) is 0 Å². The molecule has 1 unspecified atom stereocenters. The molecule has 2 fully saturated rings. The lowest BCUT2D eigenvalue weighted by atomic mass is 9.78. The number of anilines is 1. The molecule has 0 amide bonds. The topological polar surface area (TPSA) is 15.3 Å². The predicted molar refractivity (Wildman–Crippen MR) is 90.9 cm³/mol. The Balaban J connectivity index is 1.76. The van der Waals surface area contributed by atoms with Gasteiger partial charge < -0.3 is 10.2 Å². The number of benzene rings is 1. The lowest BCUT2D eigenvalue weighted by molar-refractivity contribution is 0.244. The smallest absolute Gasteiger partial charge is 0.0369 e. The van der Waals surface area contributed by atoms with Crippen LogP contribution in [0.5, 0.6) is 0 Å². The van der Waals surface area contributed by atoms with Gasteiger partial charge >= 0.3 is 0 Å². The standard InChI is InChI=1S/C19H30N2/c1-3-18(20-2)15-10-12-17(13-11-15)21-14-6-8-16-7-4-5-9-19(16)21/h10-13,16,18-20H,3-9,14H2,1-2H3/t16-,18?,19-/m1/s1. The molecule has 1 heterocycles. The second-order valence-electron chi connectivity index (χ2n) is 6.79. The van der Waals surface area contributed by atoms with Crippen LogP contribution in [-0.4, -0.2) is 19.6 Å². The average Bonchev–Trinajstić information content (AvgIpc) is 2.56. The number of nitrogens with one attached hydrogen (secondary N) is 1. The first kappa shape index (κ1) is 14.9. The maximum atomic E-state index is 3.40. The van der Waals surface area contributed by atoms with Gasteiger partial charge in [0.1, 0.15) is 0 Å². The van der Waals surface area contributed by atoms with Crippen molar-refractivity contribution in [1.82, 2.24) is 5.32 Å². The summed E-state index contributed by atoms with van der Waals surface area (Å²) in [7, 11) is 2.05. The molecule has 1 aromatic carbocycles. The summed E-state index contributed by atoms with van der Waals surface area (Å²) in [5.41, 5.74) is 2.86. The van der Waals surface area contributed by atoms with E-state index in [9.17, 15) is 0 Å². The summed E-state index contributed by atoms with van der Waals surface area (Å²) in [6.07, 6.45) is 9.71. The fraction of sp³-hybridized carbons (Fsp3) is 0.684. The molecule has 2 aliphatic rings. The van der Waals surface area contributed by atoms with Crippen LogP contribution in [0, 0.1) is 5.92 Å². The Hall–Kier alpha value is -1.02. The van der Waals surface area contributed by atoms with Gasteiger partial charge in [0, 0.05) is 24.3 Å². The first-order valence-electron chi connectivity index (χ1n) is 8.87. The number of fused-ring (bicyclic) bond motifs is 1. The summed E-state index contributed by atoms with van der Waals surface area (Å²) < 4.78 is 0. The summed E-state index contributed by atoms with van der Waals surface area (Å²) in [6, 6.07) is 10.7. The first-order valence-corrected chi connectivity index (χ1v) is 8.87. The fourth-order valence-electron chi connectivity index (χ4n) is 4.45. The van der Waals surface area contributed by atoms with Crippen molar-refractivity contribution in [1.29, 1.82) is 0 Å². The molecule has 21 heavy (non-hydrogen) atoms. The second-order valence-corrected chi connectivity index (χ2v) is 6.79. The summed E-state index contributed by atoms with van der Waals surface area (Å²) >= 11 is 0. The van der Waals surface area contributed by atoms with Crippen LogP contribution < -0.4 is 10.2 Å². The average molecular weight is 286 g/mol. The highest BCUT2D eigenvalue weighted by atomic mass is 15.2. The third-order valence-corrected chi connectivity index (χ3v) is 5.63. The van der Waals surface area contributed by atoms with Crippen LogP contribution in [0.15, 0.2) is 24.3 Å². The molecule has 0 radical (unpaired) electrons. The van der Waals surface area contributed by atoms with Gasteiger partial charge in [-0.05, 0) is 62.8 Å². The maximum Gasteiger partial charge on any atom is 0.0369 e. The number of rotatable bonds is 4. The van der Waals surface area contributed by atoms with Crippen LogP contribution in [-0.2, 0) is 0 Å². The Morgan fingerprint density at radius 1 is 1.10 bits per heavy atom. The zero-order valence-corrected chi connectivity index (χ0v) is 13.6. The Bertz CT molecular complexity index is 433. The van der Waals surface area contributed by atoms with E-state index in [0.717, 1.165) is 18.4 Å². The van der Waals surface area contributed by atoms with Gasteiger partial charge in [0.25, 0.3) is 0 Å². The SMILES string of the molecule is CCC(NC)c1ccc(N2CCC[C@H]3CCCC[C@H]32)cc1. The van der Waals surface area contributed by atoms with Crippen LogP contribution in [0.1, 0.15) is 63.5 Å². The minimum absolute atomic E-state index is 0.489. The van der Waals surface area contributed by atoms with Crippen molar-refractivity contribution in [2.45, 2.75) is 64.0 Å². The van der Waals surface area contributed by atoms with Crippen LogP contribution in [0.3, 0.4) is 0 Å². The summed E-state index contributed by atoms with van der Waals surface area (Å²) in [6.45, 7) is 3.50. The van der Waals surface area contributed by atoms with E-state index in [-0.39, 0.29) is 0 Å². The normalized spacial score (nSPS) is 27.2. The van der Waals surface area contributed by atoms with Crippen LogP contribution in [0.25, 0.3) is 0 Å². The molecule has 2 heteroatoms. The minimum Gasteiger partial charge on any atom is -0.368 e. The van der Waals surface area contributed by atoms with Crippen molar-refractivity contribution in [3.63, 3.8) is 0 Å². The Morgan fingerprint density at radius 2 is 1.81 bits per heavy atom. The molecule has 2 nitrogen and oxygen atoms in total. The molecule has 1 saturated carbocycles. The molecule has 0 bridgehead atoms. The van der Waals surface area contributed by atoms with E-state index in [1.807, 2.05) is 0 Å². The van der Waals surface area contributed by atoms with E-state index in [1.54, 1.807) is 0 Å². The van der Waals surface area contributed by atoms with Crippen molar-refractivity contribution < 1.29 is 0 Å². The Morgan fingerprint density at radius 3 is 2.52 bits per heavy atom. The summed E-state index contributed by atoms with van der Waals surface area (Å²) in [5.74, 6) is 0.952. The molecule has 1 N–H and O–H groups in total. The molecule has 116 valence electrons. The van der Waals surface area contributed by atoms with Crippen molar-refractivity contribution in [3.8, 4) is 0 Å². The molecule has 0 aromatic heterocycles. The zero-order chi connectivity index (χ0) is 14.7. The summed E-state index contributed by atoms with van der Waals surface area (Å²) in [5, 5.41) is 3.40. The van der Waals surface area contributed by atoms with Gasteiger partial charge in [-0.1, -0.05) is 31.9 Å². The van der Waals surface area contributed by atoms with E-state index in [1.165, 1.54) is 56.3 Å². The largest absolute Gasteiger partial charge is 0.368 e. The van der Waals surface area contributed by atoms with Gasteiger partial charge in [-0.15, -0.1) is 0 Å². The van der Waals surface area contributed by atoms with Crippen molar-refractivity contribution >= 4 is 5.69 Å². The number of hydrogen-bond acceptors (Lipinski definition) is 2.